The van der Waals surface area contributed by atoms with Crippen LogP contribution in [0, 0.1) is 0 Å². The average Bonchev–Trinajstić information content (AvgIpc) is 2.84. The Morgan fingerprint density at radius 1 is 1.28 bits per heavy atom. The molecule has 0 saturated carbocycles. The Morgan fingerprint density at radius 3 is 2.52 bits per heavy atom. The molecule has 0 unspecified atom stereocenters. The molecule has 8 heteroatoms. The lowest BCUT2D eigenvalue weighted by Crippen LogP contribution is -2.33. The highest BCUT2D eigenvalue weighted by Crippen LogP contribution is 2.29. The third-order valence-electron chi connectivity index (χ3n) is 3.40. The van der Waals surface area contributed by atoms with E-state index < -0.39 is 11.2 Å². The lowest BCUT2D eigenvalue weighted by atomic mass is 10.2. The van der Waals surface area contributed by atoms with Crippen molar-refractivity contribution < 1.29 is 19.1 Å². The Balaban J connectivity index is 1.95. The van der Waals surface area contributed by atoms with Gasteiger partial charge in [-0.1, -0.05) is 11.8 Å². The maximum absolute atomic E-state index is 12.4. The average molecular weight is 363 g/mol. The van der Waals surface area contributed by atoms with E-state index in [1.54, 1.807) is 29.2 Å². The van der Waals surface area contributed by atoms with Crippen molar-refractivity contribution in [2.24, 2.45) is 4.99 Å². The Morgan fingerprint density at radius 2 is 1.96 bits per heavy atom. The highest BCUT2D eigenvalue weighted by atomic mass is 32.2. The standard InChI is InChI=1S/C17H21N3O4S/c1-4-18-17-20(5-2)16(23)14(25-17)10-15(22)19-12-6-8-13(9-7-12)24-11(3)21/h6-9,14H,4-5,10H2,1-3H3,(H,19,22)/t14-/m0/s1. The number of ether oxygens (including phenoxy) is 1. The van der Waals surface area contributed by atoms with Gasteiger partial charge in [0.2, 0.25) is 11.8 Å². The first-order valence-electron chi connectivity index (χ1n) is 8.05. The second-order valence-corrected chi connectivity index (χ2v) is 6.49. The molecule has 7 nitrogen and oxygen atoms in total. The van der Waals surface area contributed by atoms with Gasteiger partial charge in [-0.2, -0.15) is 0 Å². The molecule has 2 rings (SSSR count). The van der Waals surface area contributed by atoms with Crippen LogP contribution in [0.2, 0.25) is 0 Å². The van der Waals surface area contributed by atoms with Crippen LogP contribution in [0.1, 0.15) is 27.2 Å². The number of hydrogen-bond donors (Lipinski definition) is 1. The molecular weight excluding hydrogens is 342 g/mol. The van der Waals surface area contributed by atoms with E-state index in [4.69, 9.17) is 4.74 Å². The van der Waals surface area contributed by atoms with Crippen LogP contribution in [0.4, 0.5) is 5.69 Å². The van der Waals surface area contributed by atoms with Crippen LogP contribution in [0.5, 0.6) is 5.75 Å². The summed E-state index contributed by atoms with van der Waals surface area (Å²) in [4.78, 5) is 41.4. The number of amides is 2. The summed E-state index contributed by atoms with van der Waals surface area (Å²) in [5.74, 6) is -0.329. The molecule has 1 heterocycles. The van der Waals surface area contributed by atoms with Crippen molar-refractivity contribution in [1.82, 2.24) is 4.90 Å². The van der Waals surface area contributed by atoms with Gasteiger partial charge in [0.1, 0.15) is 11.0 Å². The Labute approximate surface area is 150 Å². The minimum absolute atomic E-state index is 0.0778. The minimum atomic E-state index is -0.453. The largest absolute Gasteiger partial charge is 0.427 e. The Hall–Kier alpha value is -2.35. The Bertz CT molecular complexity index is 688. The van der Waals surface area contributed by atoms with Crippen molar-refractivity contribution in [1.29, 1.82) is 0 Å². The van der Waals surface area contributed by atoms with E-state index in [-0.39, 0.29) is 18.2 Å². The zero-order chi connectivity index (χ0) is 18.4. The molecule has 0 spiro atoms. The monoisotopic (exact) mass is 363 g/mol. The van der Waals surface area contributed by atoms with Crippen molar-refractivity contribution in [2.75, 3.05) is 18.4 Å². The van der Waals surface area contributed by atoms with Gasteiger partial charge in [0.15, 0.2) is 5.17 Å². The quantitative estimate of drug-likeness (QED) is 0.619. The van der Waals surface area contributed by atoms with Gasteiger partial charge in [0, 0.05) is 32.1 Å². The number of nitrogens with one attached hydrogen (secondary N) is 1. The number of rotatable bonds is 6. The highest BCUT2D eigenvalue weighted by Gasteiger charge is 2.37. The summed E-state index contributed by atoms with van der Waals surface area (Å²) in [5, 5.41) is 2.97. The number of amidine groups is 1. The first kappa shape index (κ1) is 19.0. The summed E-state index contributed by atoms with van der Waals surface area (Å²) in [6.45, 7) is 6.25. The number of carbonyl (C=O) groups is 3. The van der Waals surface area contributed by atoms with E-state index >= 15 is 0 Å². The third kappa shape index (κ3) is 5.06. The van der Waals surface area contributed by atoms with Gasteiger partial charge >= 0.3 is 5.97 Å². The fourth-order valence-corrected chi connectivity index (χ4v) is 3.61. The third-order valence-corrected chi connectivity index (χ3v) is 4.61. The molecular formula is C17H21N3O4S. The number of esters is 1. The summed E-state index contributed by atoms with van der Waals surface area (Å²) in [6.07, 6.45) is 0.0778. The van der Waals surface area contributed by atoms with Crippen LogP contribution in [-0.4, -0.2) is 46.2 Å². The molecule has 1 fully saturated rings. The number of hydrogen-bond acceptors (Lipinski definition) is 6. The second-order valence-electron chi connectivity index (χ2n) is 5.32. The van der Waals surface area contributed by atoms with Crippen LogP contribution >= 0.6 is 11.8 Å². The molecule has 25 heavy (non-hydrogen) atoms. The van der Waals surface area contributed by atoms with Gasteiger partial charge in [-0.05, 0) is 38.1 Å². The van der Waals surface area contributed by atoms with E-state index in [2.05, 4.69) is 10.3 Å². The molecule has 134 valence electrons. The molecule has 2 amide bonds. The molecule has 1 N–H and O–H groups in total. The predicted octanol–water partition coefficient (Wildman–Crippen LogP) is 2.28. The molecule has 1 atom stereocenters. The van der Waals surface area contributed by atoms with E-state index in [1.807, 2.05) is 13.8 Å². The molecule has 0 aliphatic carbocycles. The molecule has 1 aromatic rings. The van der Waals surface area contributed by atoms with Crippen LogP contribution in [0.15, 0.2) is 29.3 Å². The van der Waals surface area contributed by atoms with E-state index in [9.17, 15) is 14.4 Å². The smallest absolute Gasteiger partial charge is 0.308 e. The molecule has 1 aromatic carbocycles. The van der Waals surface area contributed by atoms with Crippen molar-refractivity contribution >= 4 is 40.4 Å². The van der Waals surface area contributed by atoms with Gasteiger partial charge < -0.3 is 10.1 Å². The topological polar surface area (TPSA) is 88.1 Å². The number of anilines is 1. The van der Waals surface area contributed by atoms with Crippen molar-refractivity contribution in [2.45, 2.75) is 32.4 Å². The summed E-state index contributed by atoms with van der Waals surface area (Å²) in [5.41, 5.74) is 0.575. The lowest BCUT2D eigenvalue weighted by Gasteiger charge is -2.13. The van der Waals surface area contributed by atoms with Gasteiger partial charge in [-0.15, -0.1) is 0 Å². The zero-order valence-corrected chi connectivity index (χ0v) is 15.3. The summed E-state index contributed by atoms with van der Waals surface area (Å²) in [7, 11) is 0. The molecule has 1 aliphatic rings. The van der Waals surface area contributed by atoms with Crippen LogP contribution in [-0.2, 0) is 14.4 Å². The number of carbonyl (C=O) groups excluding carboxylic acids is 3. The molecule has 1 aliphatic heterocycles. The summed E-state index contributed by atoms with van der Waals surface area (Å²) < 4.78 is 4.94. The second kappa shape index (κ2) is 8.66. The van der Waals surface area contributed by atoms with E-state index in [1.165, 1.54) is 18.7 Å². The lowest BCUT2D eigenvalue weighted by molar-refractivity contribution is -0.132. The SMILES string of the molecule is CCN=C1S[C@@H](CC(=O)Nc2ccc(OC(C)=O)cc2)C(=O)N1CC. The maximum Gasteiger partial charge on any atom is 0.308 e. The number of thioether (sulfide) groups is 1. The van der Waals surface area contributed by atoms with Crippen LogP contribution in [0.25, 0.3) is 0 Å². The zero-order valence-electron chi connectivity index (χ0n) is 14.4. The van der Waals surface area contributed by atoms with Gasteiger partial charge in [-0.3, -0.25) is 24.3 Å². The number of aliphatic imine (C=N–C) groups is 1. The summed E-state index contributed by atoms with van der Waals surface area (Å²) >= 11 is 1.33. The highest BCUT2D eigenvalue weighted by molar-refractivity contribution is 8.15. The fraction of sp³-hybridized carbons (Fsp3) is 0.412. The molecule has 0 bridgehead atoms. The molecule has 0 aromatic heterocycles. The van der Waals surface area contributed by atoms with E-state index in [0.717, 1.165) is 0 Å². The van der Waals surface area contributed by atoms with Gasteiger partial charge in [0.05, 0.1) is 0 Å². The van der Waals surface area contributed by atoms with Crippen LogP contribution < -0.4 is 10.1 Å². The van der Waals surface area contributed by atoms with Crippen molar-refractivity contribution in [3.63, 3.8) is 0 Å². The molecule has 1 saturated heterocycles. The number of benzene rings is 1. The molecule has 0 radical (unpaired) electrons. The first-order valence-corrected chi connectivity index (χ1v) is 8.93. The van der Waals surface area contributed by atoms with Crippen LogP contribution in [0.3, 0.4) is 0 Å². The van der Waals surface area contributed by atoms with Gasteiger partial charge in [0.25, 0.3) is 0 Å². The summed E-state index contributed by atoms with van der Waals surface area (Å²) in [6, 6.07) is 6.47. The van der Waals surface area contributed by atoms with E-state index in [0.29, 0.717) is 29.7 Å². The van der Waals surface area contributed by atoms with Gasteiger partial charge in [-0.25, -0.2) is 0 Å². The minimum Gasteiger partial charge on any atom is -0.427 e. The van der Waals surface area contributed by atoms with Crippen molar-refractivity contribution in [3.05, 3.63) is 24.3 Å². The first-order chi connectivity index (χ1) is 11.9. The fourth-order valence-electron chi connectivity index (χ4n) is 2.34. The number of nitrogens with zero attached hydrogens (tertiary/aromatic N) is 2. The normalized spacial score (nSPS) is 18.5. The predicted molar refractivity (Wildman–Crippen MR) is 97.7 cm³/mol. The maximum atomic E-state index is 12.4. The van der Waals surface area contributed by atoms with Crippen molar-refractivity contribution in [3.8, 4) is 5.75 Å². The Kier molecular flexibility index (Phi) is 6.58.